The van der Waals surface area contributed by atoms with Crippen molar-refractivity contribution in [3.05, 3.63) is 182 Å². The molecule has 0 saturated carbocycles. The zero-order chi connectivity index (χ0) is 35.6. The number of rotatable bonds is 6. The van der Waals surface area contributed by atoms with Crippen LogP contribution in [0.25, 0.3) is 49.9 Å². The molecule has 0 fully saturated rings. The van der Waals surface area contributed by atoms with Crippen LogP contribution in [0, 0.1) is 0 Å². The molecule has 2 aliphatic heterocycles. The number of pyridine rings is 1. The van der Waals surface area contributed by atoms with Crippen molar-refractivity contribution in [2.75, 3.05) is 16.5 Å². The SMILES string of the molecule is c1ccc(-c2cccc(-c3ccccc3)c2N2CN3c4cc(Oc5ccc6c7ccccc7n(-c7ccccn7)c6c5)ccc4Oc4cccc2c43)cc1. The molecule has 0 bridgehead atoms. The molecule has 0 aliphatic carbocycles. The van der Waals surface area contributed by atoms with E-state index in [2.05, 4.69) is 154 Å². The van der Waals surface area contributed by atoms with E-state index in [1.165, 1.54) is 27.6 Å². The fourth-order valence-corrected chi connectivity index (χ4v) is 8.15. The number of para-hydroxylation sites is 3. The van der Waals surface area contributed by atoms with E-state index in [4.69, 9.17) is 14.5 Å². The fraction of sp³-hybridized carbons (Fsp3) is 0.0208. The second kappa shape index (κ2) is 12.1. The molecule has 2 aromatic heterocycles. The van der Waals surface area contributed by atoms with Crippen LogP contribution in [0.3, 0.4) is 0 Å². The number of benzene rings is 7. The van der Waals surface area contributed by atoms with Gasteiger partial charge >= 0.3 is 0 Å². The van der Waals surface area contributed by atoms with Crippen molar-refractivity contribution in [2.45, 2.75) is 0 Å². The number of nitrogens with zero attached hydrogens (tertiary/aromatic N) is 4. The van der Waals surface area contributed by atoms with Gasteiger partial charge in [0.2, 0.25) is 0 Å². The summed E-state index contributed by atoms with van der Waals surface area (Å²) >= 11 is 0. The molecule has 2 aliphatic rings. The summed E-state index contributed by atoms with van der Waals surface area (Å²) in [5, 5.41) is 2.32. The molecule has 0 N–H and O–H groups in total. The first kappa shape index (κ1) is 30.3. The molecule has 6 nitrogen and oxygen atoms in total. The minimum absolute atomic E-state index is 0.603. The minimum atomic E-state index is 0.603. The standard InChI is InChI=1S/C48H32N4O2/c1-3-13-32(14-4-1)36-18-11-19-37(33-15-5-2-6-16-33)47(36)50-31-51-43-30-35(25-27-44(43)54-45-22-12-21-41(50)48(45)51)53-34-24-26-39-38-17-7-8-20-40(38)52(42(39)29-34)46-23-9-10-28-49-46/h1-30H,31H2. The van der Waals surface area contributed by atoms with E-state index in [1.807, 2.05) is 42.6 Å². The average molecular weight is 697 g/mol. The largest absolute Gasteiger partial charge is 0.457 e. The first-order valence-electron chi connectivity index (χ1n) is 18.1. The third-order valence-corrected chi connectivity index (χ3v) is 10.5. The van der Waals surface area contributed by atoms with Crippen LogP contribution in [0.15, 0.2) is 182 Å². The van der Waals surface area contributed by atoms with Gasteiger partial charge in [-0.25, -0.2) is 4.98 Å². The van der Waals surface area contributed by atoms with Gasteiger partial charge in [-0.3, -0.25) is 4.57 Å². The van der Waals surface area contributed by atoms with Crippen molar-refractivity contribution in [3.63, 3.8) is 0 Å². The molecule has 11 rings (SSSR count). The number of hydrogen-bond donors (Lipinski definition) is 0. The molecule has 256 valence electrons. The third kappa shape index (κ3) is 4.77. The monoisotopic (exact) mass is 696 g/mol. The van der Waals surface area contributed by atoms with E-state index >= 15 is 0 Å². The molecular weight excluding hydrogens is 665 g/mol. The quantitative estimate of drug-likeness (QED) is 0.173. The molecule has 0 amide bonds. The highest BCUT2D eigenvalue weighted by molar-refractivity contribution is 6.09. The van der Waals surface area contributed by atoms with E-state index in [0.717, 1.165) is 68.0 Å². The topological polar surface area (TPSA) is 42.8 Å². The Hall–Kier alpha value is -7.31. The number of ether oxygens (including phenoxy) is 2. The Morgan fingerprint density at radius 2 is 1.15 bits per heavy atom. The minimum Gasteiger partial charge on any atom is -0.457 e. The second-order valence-electron chi connectivity index (χ2n) is 13.6. The van der Waals surface area contributed by atoms with Crippen molar-refractivity contribution in [2.24, 2.45) is 0 Å². The van der Waals surface area contributed by atoms with Crippen molar-refractivity contribution in [1.82, 2.24) is 9.55 Å². The van der Waals surface area contributed by atoms with Crippen molar-refractivity contribution >= 4 is 44.6 Å². The van der Waals surface area contributed by atoms with Crippen molar-refractivity contribution in [1.29, 1.82) is 0 Å². The lowest BCUT2D eigenvalue weighted by molar-refractivity contribution is 0.465. The Morgan fingerprint density at radius 1 is 0.481 bits per heavy atom. The summed E-state index contributed by atoms with van der Waals surface area (Å²) in [7, 11) is 0. The lowest BCUT2D eigenvalue weighted by atomic mass is 9.95. The lowest BCUT2D eigenvalue weighted by Crippen LogP contribution is -2.26. The highest BCUT2D eigenvalue weighted by Gasteiger charge is 2.38. The molecule has 6 heteroatoms. The Morgan fingerprint density at radius 3 is 1.93 bits per heavy atom. The molecule has 0 saturated heterocycles. The smallest absolute Gasteiger partial charge is 0.153 e. The van der Waals surface area contributed by atoms with Crippen LogP contribution in [0.1, 0.15) is 0 Å². The number of fused-ring (bicyclic) bond motifs is 5. The van der Waals surface area contributed by atoms with Crippen LogP contribution in [-0.2, 0) is 0 Å². The van der Waals surface area contributed by atoms with Crippen LogP contribution >= 0.6 is 0 Å². The highest BCUT2D eigenvalue weighted by atomic mass is 16.5. The maximum absolute atomic E-state index is 6.67. The lowest BCUT2D eigenvalue weighted by Gasteiger charge is -2.29. The fourth-order valence-electron chi connectivity index (χ4n) is 8.15. The maximum atomic E-state index is 6.67. The van der Waals surface area contributed by atoms with Crippen LogP contribution < -0.4 is 19.3 Å². The summed E-state index contributed by atoms with van der Waals surface area (Å²) in [6.07, 6.45) is 1.83. The van der Waals surface area contributed by atoms with Gasteiger partial charge < -0.3 is 19.3 Å². The van der Waals surface area contributed by atoms with Crippen molar-refractivity contribution < 1.29 is 9.47 Å². The molecule has 0 unspecified atom stereocenters. The molecule has 0 radical (unpaired) electrons. The normalized spacial score (nSPS) is 12.8. The number of hydrogen-bond acceptors (Lipinski definition) is 5. The van der Waals surface area contributed by atoms with E-state index in [0.29, 0.717) is 6.67 Å². The van der Waals surface area contributed by atoms with E-state index < -0.39 is 0 Å². The predicted octanol–water partition coefficient (Wildman–Crippen LogP) is 12.7. The molecule has 9 aromatic rings. The molecule has 0 atom stereocenters. The summed E-state index contributed by atoms with van der Waals surface area (Å²) in [6, 6.07) is 61.1. The first-order valence-corrected chi connectivity index (χ1v) is 18.1. The molecule has 4 heterocycles. The van der Waals surface area contributed by atoms with Gasteiger partial charge in [0.25, 0.3) is 0 Å². The zero-order valence-corrected chi connectivity index (χ0v) is 29.1. The summed E-state index contributed by atoms with van der Waals surface area (Å²) in [6.45, 7) is 0.603. The van der Waals surface area contributed by atoms with Gasteiger partial charge in [-0.2, -0.15) is 0 Å². The van der Waals surface area contributed by atoms with Gasteiger partial charge in [-0.1, -0.05) is 109 Å². The summed E-state index contributed by atoms with van der Waals surface area (Å²) in [5.41, 5.74) is 11.1. The molecule has 0 spiro atoms. The van der Waals surface area contributed by atoms with Gasteiger partial charge in [-0.15, -0.1) is 0 Å². The Bertz CT molecular complexity index is 2810. The molecular formula is C48H32N4O2. The zero-order valence-electron chi connectivity index (χ0n) is 29.1. The number of aromatic nitrogens is 2. The second-order valence-corrected chi connectivity index (χ2v) is 13.6. The van der Waals surface area contributed by atoms with Crippen LogP contribution in [0.5, 0.6) is 23.0 Å². The number of anilines is 4. The highest BCUT2D eigenvalue weighted by Crippen LogP contribution is 2.58. The van der Waals surface area contributed by atoms with Gasteiger partial charge in [0, 0.05) is 40.2 Å². The third-order valence-electron chi connectivity index (χ3n) is 10.5. The van der Waals surface area contributed by atoms with Crippen LogP contribution in [0.4, 0.5) is 22.7 Å². The van der Waals surface area contributed by atoms with E-state index in [9.17, 15) is 0 Å². The summed E-state index contributed by atoms with van der Waals surface area (Å²) in [5.74, 6) is 3.96. The van der Waals surface area contributed by atoms with Crippen LogP contribution in [0.2, 0.25) is 0 Å². The van der Waals surface area contributed by atoms with Crippen LogP contribution in [-0.4, -0.2) is 16.2 Å². The van der Waals surface area contributed by atoms with Crippen molar-refractivity contribution in [3.8, 4) is 51.1 Å². The Labute approximate surface area is 312 Å². The average Bonchev–Trinajstić information content (AvgIpc) is 3.79. The van der Waals surface area contributed by atoms with Gasteiger partial charge in [0.1, 0.15) is 29.7 Å². The molecule has 54 heavy (non-hydrogen) atoms. The molecule has 7 aromatic carbocycles. The van der Waals surface area contributed by atoms with Gasteiger partial charge in [0.15, 0.2) is 11.5 Å². The Kier molecular flexibility index (Phi) is 6.82. The Balaban J connectivity index is 1.01. The summed E-state index contributed by atoms with van der Waals surface area (Å²) < 4.78 is 15.5. The predicted molar refractivity (Wildman–Crippen MR) is 218 cm³/mol. The van der Waals surface area contributed by atoms with E-state index in [-0.39, 0.29) is 0 Å². The van der Waals surface area contributed by atoms with Gasteiger partial charge in [-0.05, 0) is 65.7 Å². The van der Waals surface area contributed by atoms with Gasteiger partial charge in [0.05, 0.1) is 28.1 Å². The maximum Gasteiger partial charge on any atom is 0.153 e. The summed E-state index contributed by atoms with van der Waals surface area (Å²) in [4.78, 5) is 9.48. The first-order chi connectivity index (χ1) is 26.8. The van der Waals surface area contributed by atoms with E-state index in [1.54, 1.807) is 0 Å².